The number of hydrogen-bond donors (Lipinski definition) is 2. The summed E-state index contributed by atoms with van der Waals surface area (Å²) in [6.07, 6.45) is 9.47. The van der Waals surface area contributed by atoms with Crippen molar-refractivity contribution in [3.63, 3.8) is 0 Å². The van der Waals surface area contributed by atoms with E-state index >= 15 is 0 Å². The normalized spacial score (nSPS) is 15.2. The van der Waals surface area contributed by atoms with Gasteiger partial charge in [0.1, 0.15) is 0 Å². The lowest BCUT2D eigenvalue weighted by molar-refractivity contribution is -0.174. The van der Waals surface area contributed by atoms with Gasteiger partial charge in [-0.3, -0.25) is 9.69 Å². The molecular formula is C29H45NO5. The number of benzene rings is 1. The van der Waals surface area contributed by atoms with Crippen LogP contribution < -0.4 is 0 Å². The molecule has 2 rings (SSSR count). The van der Waals surface area contributed by atoms with Gasteiger partial charge in [0.25, 0.3) is 0 Å². The monoisotopic (exact) mass is 487 g/mol. The number of carbonyl (C=O) groups excluding carboxylic acids is 1. The van der Waals surface area contributed by atoms with E-state index in [4.69, 9.17) is 9.84 Å². The summed E-state index contributed by atoms with van der Waals surface area (Å²) < 4.78 is 5.38. The number of unbranched alkanes of at least 4 members (excludes halogenated alkanes) is 3. The van der Waals surface area contributed by atoms with Crippen LogP contribution in [0.25, 0.3) is 0 Å². The van der Waals surface area contributed by atoms with E-state index in [9.17, 15) is 14.7 Å². The molecule has 1 fully saturated rings. The number of nitrogens with zero attached hydrogens (tertiary/aromatic N) is 1. The topological polar surface area (TPSA) is 87.1 Å². The van der Waals surface area contributed by atoms with E-state index in [-0.39, 0.29) is 12.5 Å². The van der Waals surface area contributed by atoms with Crippen molar-refractivity contribution in [2.24, 2.45) is 5.92 Å². The molecule has 0 bridgehead atoms. The molecule has 0 spiro atoms. The summed E-state index contributed by atoms with van der Waals surface area (Å²) in [6, 6.07) is 9.19. The average Bonchev–Trinajstić information content (AvgIpc) is 2.89. The molecule has 0 heterocycles. The molecule has 196 valence electrons. The Balaban J connectivity index is 0.000000579. The smallest absolute Gasteiger partial charge is 0.344 e. The van der Waals surface area contributed by atoms with E-state index in [1.807, 2.05) is 30.3 Å². The van der Waals surface area contributed by atoms with E-state index in [1.165, 1.54) is 6.42 Å². The highest BCUT2D eigenvalue weighted by Crippen LogP contribution is 2.40. The Bertz CT molecular complexity index is 775. The van der Waals surface area contributed by atoms with Gasteiger partial charge >= 0.3 is 11.9 Å². The molecule has 0 aliphatic heterocycles. The Hall–Kier alpha value is -2.36. The lowest BCUT2D eigenvalue weighted by atomic mass is 9.73. The molecule has 6 nitrogen and oxygen atoms in total. The molecule has 0 saturated heterocycles. The minimum absolute atomic E-state index is 0.0158. The first-order valence-corrected chi connectivity index (χ1v) is 13.2. The zero-order chi connectivity index (χ0) is 25.9. The average molecular weight is 488 g/mol. The highest BCUT2D eigenvalue weighted by atomic mass is 16.5. The van der Waals surface area contributed by atoms with E-state index < -0.39 is 17.5 Å². The second-order valence-electron chi connectivity index (χ2n) is 9.06. The molecule has 6 heteroatoms. The highest BCUT2D eigenvalue weighted by Gasteiger charge is 2.47. The first kappa shape index (κ1) is 30.7. The summed E-state index contributed by atoms with van der Waals surface area (Å²) >= 11 is 0. The summed E-state index contributed by atoms with van der Waals surface area (Å²) in [6.45, 7) is 8.87. The van der Waals surface area contributed by atoms with Crippen molar-refractivity contribution < 1.29 is 24.5 Å². The molecule has 0 aromatic heterocycles. The van der Waals surface area contributed by atoms with Gasteiger partial charge in [0.2, 0.25) is 0 Å². The minimum atomic E-state index is -1.58. The zero-order valence-electron chi connectivity index (χ0n) is 21.9. The molecular weight excluding hydrogens is 442 g/mol. The minimum Gasteiger partial charge on any atom is -0.481 e. The van der Waals surface area contributed by atoms with Crippen molar-refractivity contribution >= 4 is 11.9 Å². The molecule has 1 aromatic rings. The second-order valence-corrected chi connectivity index (χ2v) is 9.06. The van der Waals surface area contributed by atoms with Crippen LogP contribution in [0.3, 0.4) is 0 Å². The zero-order valence-corrected chi connectivity index (χ0v) is 21.9. The molecule has 2 N–H and O–H groups in total. The molecule has 1 atom stereocenters. The van der Waals surface area contributed by atoms with Gasteiger partial charge in [0, 0.05) is 12.3 Å². The van der Waals surface area contributed by atoms with Crippen LogP contribution in [0.15, 0.2) is 30.3 Å². The van der Waals surface area contributed by atoms with Crippen molar-refractivity contribution in [3.05, 3.63) is 35.9 Å². The van der Waals surface area contributed by atoms with Crippen molar-refractivity contribution in [1.29, 1.82) is 0 Å². The Morgan fingerprint density at radius 1 is 1.00 bits per heavy atom. The van der Waals surface area contributed by atoms with E-state index in [1.54, 1.807) is 0 Å². The third-order valence-corrected chi connectivity index (χ3v) is 6.56. The maximum atomic E-state index is 12.8. The maximum absolute atomic E-state index is 12.8. The number of rotatable bonds is 12. The Kier molecular flexibility index (Phi) is 15.8. The summed E-state index contributed by atoms with van der Waals surface area (Å²) in [5.41, 5.74) is -0.963. The number of aliphatic hydroxyl groups is 1. The third kappa shape index (κ3) is 11.3. The highest BCUT2D eigenvalue weighted by molar-refractivity contribution is 5.81. The second kappa shape index (κ2) is 18.0. The molecule has 1 aromatic carbocycles. The van der Waals surface area contributed by atoms with Crippen LogP contribution in [0.4, 0.5) is 0 Å². The lowest BCUT2D eigenvalue weighted by Gasteiger charge is -2.36. The van der Waals surface area contributed by atoms with E-state index in [2.05, 4.69) is 37.5 Å². The Labute approximate surface area is 212 Å². The quantitative estimate of drug-likeness (QED) is 0.234. The fourth-order valence-corrected chi connectivity index (χ4v) is 4.31. The molecule has 1 saturated carbocycles. The summed E-state index contributed by atoms with van der Waals surface area (Å²) in [5.74, 6) is 4.57. The van der Waals surface area contributed by atoms with Crippen molar-refractivity contribution in [1.82, 2.24) is 4.90 Å². The van der Waals surface area contributed by atoms with Crippen molar-refractivity contribution in [2.45, 2.75) is 90.6 Å². The van der Waals surface area contributed by atoms with Gasteiger partial charge in [0.15, 0.2) is 12.2 Å². The van der Waals surface area contributed by atoms with Gasteiger partial charge in [-0.2, -0.15) is 0 Å². The van der Waals surface area contributed by atoms with Crippen LogP contribution in [0, 0.1) is 17.8 Å². The van der Waals surface area contributed by atoms with Crippen LogP contribution in [-0.2, 0) is 19.9 Å². The van der Waals surface area contributed by atoms with Gasteiger partial charge in [-0.25, -0.2) is 4.79 Å². The van der Waals surface area contributed by atoms with Crippen LogP contribution >= 0.6 is 0 Å². The molecule has 1 aliphatic carbocycles. The number of aliphatic carboxylic acids is 1. The molecule has 1 aliphatic rings. The summed E-state index contributed by atoms with van der Waals surface area (Å²) in [5, 5.41) is 19.6. The molecule has 1 unspecified atom stereocenters. The third-order valence-electron chi connectivity index (χ3n) is 6.56. The molecule has 0 amide bonds. The number of ether oxygens (including phenoxy) is 1. The first-order chi connectivity index (χ1) is 16.9. The molecule has 35 heavy (non-hydrogen) atoms. The van der Waals surface area contributed by atoms with Crippen molar-refractivity contribution in [2.75, 3.05) is 26.2 Å². The van der Waals surface area contributed by atoms with Crippen LogP contribution in [0.5, 0.6) is 0 Å². The Morgan fingerprint density at radius 2 is 1.66 bits per heavy atom. The number of carboxylic acids is 1. The largest absolute Gasteiger partial charge is 0.481 e. The number of esters is 1. The summed E-state index contributed by atoms with van der Waals surface area (Å²) in [4.78, 5) is 25.0. The van der Waals surface area contributed by atoms with Crippen LogP contribution in [0.1, 0.15) is 90.5 Å². The molecule has 0 radical (unpaired) electrons. The standard InChI is InChI=1S/C22H31NO3.C7H14O2/c1-3-23(4-2)17-11-12-18-26-21(24)22(25,19-13-7-5-8-14-19)20-15-9-6-10-16-20;1-2-3-4-5-6-7(8)9/h5,7-8,13-14,20,25H,3-4,6,9-10,15-18H2,1-2H3;2-6H2,1H3,(H,8,9). The van der Waals surface area contributed by atoms with E-state index in [0.717, 1.165) is 64.5 Å². The van der Waals surface area contributed by atoms with Crippen molar-refractivity contribution in [3.8, 4) is 11.8 Å². The number of carbonyl (C=O) groups is 2. The SMILES string of the molecule is CCCCCCC(=O)O.CCN(CC)CC#CCOC(=O)C(O)(c1ccccc1)C1CCCCC1. The van der Waals surface area contributed by atoms with Gasteiger partial charge in [-0.1, -0.05) is 101 Å². The fourth-order valence-electron chi connectivity index (χ4n) is 4.31. The van der Waals surface area contributed by atoms with Gasteiger partial charge in [-0.15, -0.1) is 0 Å². The predicted molar refractivity (Wildman–Crippen MR) is 140 cm³/mol. The van der Waals surface area contributed by atoms with Gasteiger partial charge < -0.3 is 14.9 Å². The summed E-state index contributed by atoms with van der Waals surface area (Å²) in [7, 11) is 0. The van der Waals surface area contributed by atoms with Crippen LogP contribution in [-0.4, -0.2) is 53.3 Å². The van der Waals surface area contributed by atoms with Gasteiger partial charge in [0.05, 0.1) is 6.54 Å². The first-order valence-electron chi connectivity index (χ1n) is 13.2. The number of hydrogen-bond acceptors (Lipinski definition) is 5. The number of carboxylic acid groups (broad SMARTS) is 1. The Morgan fingerprint density at radius 3 is 2.23 bits per heavy atom. The van der Waals surface area contributed by atoms with E-state index in [0.29, 0.717) is 18.5 Å². The lowest BCUT2D eigenvalue weighted by Crippen LogP contribution is -2.45. The predicted octanol–water partition coefficient (Wildman–Crippen LogP) is 5.38. The van der Waals surface area contributed by atoms with Gasteiger partial charge in [-0.05, 0) is 37.9 Å². The van der Waals surface area contributed by atoms with Crippen LogP contribution in [0.2, 0.25) is 0 Å². The maximum Gasteiger partial charge on any atom is 0.344 e. The fraction of sp³-hybridized carbons (Fsp3) is 0.655.